The molecule has 0 aliphatic rings. The molecule has 2 heterocycles. The van der Waals surface area contributed by atoms with Crippen LogP contribution < -0.4 is 0 Å². The van der Waals surface area contributed by atoms with E-state index in [1.165, 1.54) is 0 Å². The highest BCUT2D eigenvalue weighted by Gasteiger charge is 2.17. The zero-order valence-electron chi connectivity index (χ0n) is 9.80. The number of nitrogens with zero attached hydrogens (tertiary/aromatic N) is 2. The van der Waals surface area contributed by atoms with Gasteiger partial charge in [0, 0.05) is 5.69 Å². The molecule has 0 saturated carbocycles. The van der Waals surface area contributed by atoms with Crippen LogP contribution in [-0.2, 0) is 0 Å². The van der Waals surface area contributed by atoms with Crippen molar-refractivity contribution in [1.82, 2.24) is 9.97 Å². The Kier molecular flexibility index (Phi) is 2.76. The van der Waals surface area contributed by atoms with Crippen molar-refractivity contribution in [3.8, 4) is 0 Å². The summed E-state index contributed by atoms with van der Waals surface area (Å²) in [5.41, 5.74) is 3.14. The van der Waals surface area contributed by atoms with Crippen LogP contribution in [0.25, 0.3) is 11.2 Å². The number of aromatic nitrogens is 2. The van der Waals surface area contributed by atoms with E-state index in [9.17, 15) is 0 Å². The monoisotopic (exact) mass is 258 g/mol. The molecular formula is C14H11ClN2O. The topological polar surface area (TPSA) is 38.9 Å². The number of pyridine rings is 1. The molecule has 0 radical (unpaired) electrons. The molecule has 0 aliphatic carbocycles. The van der Waals surface area contributed by atoms with Crippen LogP contribution in [0.2, 0.25) is 0 Å². The molecule has 3 nitrogen and oxygen atoms in total. The first-order valence-electron chi connectivity index (χ1n) is 5.67. The van der Waals surface area contributed by atoms with Gasteiger partial charge in [-0.05, 0) is 24.6 Å². The van der Waals surface area contributed by atoms with Gasteiger partial charge in [-0.1, -0.05) is 30.3 Å². The average molecular weight is 259 g/mol. The van der Waals surface area contributed by atoms with Gasteiger partial charge in [0.2, 0.25) is 5.89 Å². The van der Waals surface area contributed by atoms with E-state index >= 15 is 0 Å². The van der Waals surface area contributed by atoms with Crippen LogP contribution in [0.15, 0.2) is 46.9 Å². The fourth-order valence-corrected chi connectivity index (χ4v) is 2.04. The van der Waals surface area contributed by atoms with Crippen LogP contribution in [0.5, 0.6) is 0 Å². The molecule has 0 bridgehead atoms. The number of rotatable bonds is 2. The lowest BCUT2D eigenvalue weighted by Gasteiger charge is -2.03. The Balaban J connectivity index is 2.04. The zero-order valence-corrected chi connectivity index (χ0v) is 10.6. The molecule has 1 unspecified atom stereocenters. The van der Waals surface area contributed by atoms with E-state index < -0.39 is 0 Å². The van der Waals surface area contributed by atoms with Crippen molar-refractivity contribution in [3.05, 3.63) is 59.6 Å². The zero-order chi connectivity index (χ0) is 12.5. The van der Waals surface area contributed by atoms with Crippen molar-refractivity contribution in [2.45, 2.75) is 12.3 Å². The Morgan fingerprint density at radius 1 is 1.06 bits per heavy atom. The van der Waals surface area contributed by atoms with Crippen LogP contribution in [0.1, 0.15) is 22.5 Å². The maximum absolute atomic E-state index is 6.36. The first kappa shape index (κ1) is 11.2. The summed E-state index contributed by atoms with van der Waals surface area (Å²) in [6.45, 7) is 1.92. The van der Waals surface area contributed by atoms with Crippen molar-refractivity contribution in [2.24, 2.45) is 0 Å². The van der Waals surface area contributed by atoms with Gasteiger partial charge >= 0.3 is 0 Å². The van der Waals surface area contributed by atoms with E-state index in [1.54, 1.807) is 0 Å². The summed E-state index contributed by atoms with van der Waals surface area (Å²) in [5.74, 6) is 0.482. The third-order valence-electron chi connectivity index (χ3n) is 2.72. The van der Waals surface area contributed by atoms with Crippen molar-refractivity contribution in [1.29, 1.82) is 0 Å². The molecule has 90 valence electrons. The van der Waals surface area contributed by atoms with Gasteiger partial charge in [0.1, 0.15) is 5.38 Å². The number of aryl methyl sites for hydroxylation is 1. The van der Waals surface area contributed by atoms with Gasteiger partial charge in [0.05, 0.1) is 0 Å². The van der Waals surface area contributed by atoms with E-state index in [0.29, 0.717) is 17.1 Å². The number of hydrogen-bond acceptors (Lipinski definition) is 3. The SMILES string of the molecule is Cc1ccc2oc(C(Cl)c3ccccc3)nc2n1. The highest BCUT2D eigenvalue weighted by molar-refractivity contribution is 6.22. The average Bonchev–Trinajstić information content (AvgIpc) is 2.81. The second-order valence-electron chi connectivity index (χ2n) is 4.10. The Bertz CT molecular complexity index is 679. The van der Waals surface area contributed by atoms with Gasteiger partial charge in [-0.2, -0.15) is 4.98 Å². The molecular weight excluding hydrogens is 248 g/mol. The smallest absolute Gasteiger partial charge is 0.219 e. The van der Waals surface area contributed by atoms with Crippen molar-refractivity contribution in [3.63, 3.8) is 0 Å². The summed E-state index contributed by atoms with van der Waals surface area (Å²) in [6, 6.07) is 13.5. The highest BCUT2D eigenvalue weighted by Crippen LogP contribution is 2.29. The maximum Gasteiger partial charge on any atom is 0.219 e. The third kappa shape index (κ3) is 1.97. The molecule has 1 aromatic carbocycles. The van der Waals surface area contributed by atoms with E-state index in [4.69, 9.17) is 16.0 Å². The molecule has 0 saturated heterocycles. The molecule has 3 rings (SSSR count). The lowest BCUT2D eigenvalue weighted by molar-refractivity contribution is 0.538. The Morgan fingerprint density at radius 3 is 2.61 bits per heavy atom. The van der Waals surface area contributed by atoms with Gasteiger partial charge in [-0.25, -0.2) is 4.98 Å². The molecule has 3 aromatic rings. The first-order chi connectivity index (χ1) is 8.74. The lowest BCUT2D eigenvalue weighted by Crippen LogP contribution is -1.92. The van der Waals surface area contributed by atoms with E-state index in [1.807, 2.05) is 49.4 Å². The second kappa shape index (κ2) is 4.42. The van der Waals surface area contributed by atoms with Gasteiger partial charge in [-0.15, -0.1) is 11.6 Å². The minimum absolute atomic E-state index is 0.388. The van der Waals surface area contributed by atoms with Crippen LogP contribution in [0.3, 0.4) is 0 Å². The van der Waals surface area contributed by atoms with E-state index in [0.717, 1.165) is 11.3 Å². The van der Waals surface area contributed by atoms with Crippen molar-refractivity contribution >= 4 is 22.8 Å². The second-order valence-corrected chi connectivity index (χ2v) is 4.54. The Hall–Kier alpha value is -1.87. The number of oxazole rings is 1. The largest absolute Gasteiger partial charge is 0.437 e. The Labute approximate surface area is 109 Å². The summed E-state index contributed by atoms with van der Waals surface area (Å²) in [7, 11) is 0. The summed E-state index contributed by atoms with van der Waals surface area (Å²) < 4.78 is 5.63. The minimum Gasteiger partial charge on any atom is -0.437 e. The quantitative estimate of drug-likeness (QED) is 0.655. The third-order valence-corrected chi connectivity index (χ3v) is 3.16. The normalized spacial score (nSPS) is 12.8. The number of alkyl halides is 1. The predicted octanol–water partition coefficient (Wildman–Crippen LogP) is 3.86. The Morgan fingerprint density at radius 2 is 1.83 bits per heavy atom. The van der Waals surface area contributed by atoms with Crippen LogP contribution in [0, 0.1) is 6.92 Å². The van der Waals surface area contributed by atoms with Gasteiger partial charge in [0.25, 0.3) is 0 Å². The molecule has 1 atom stereocenters. The summed E-state index contributed by atoms with van der Waals surface area (Å²) in [6.07, 6.45) is 0. The standard InChI is InChI=1S/C14H11ClN2O/c1-9-7-8-11-13(16-9)17-14(18-11)12(15)10-5-3-2-4-6-10/h2-8,12H,1H3. The first-order valence-corrected chi connectivity index (χ1v) is 6.11. The van der Waals surface area contributed by atoms with Crippen LogP contribution in [0.4, 0.5) is 0 Å². The van der Waals surface area contributed by atoms with Crippen LogP contribution >= 0.6 is 11.6 Å². The predicted molar refractivity (Wildman–Crippen MR) is 70.7 cm³/mol. The fourth-order valence-electron chi connectivity index (χ4n) is 1.80. The number of hydrogen-bond donors (Lipinski definition) is 0. The molecule has 0 N–H and O–H groups in total. The fraction of sp³-hybridized carbons (Fsp3) is 0.143. The van der Waals surface area contributed by atoms with E-state index in [-0.39, 0.29) is 5.38 Å². The molecule has 18 heavy (non-hydrogen) atoms. The molecule has 4 heteroatoms. The number of benzene rings is 1. The molecule has 0 aliphatic heterocycles. The summed E-state index contributed by atoms with van der Waals surface area (Å²) >= 11 is 6.36. The van der Waals surface area contributed by atoms with E-state index in [2.05, 4.69) is 9.97 Å². The van der Waals surface area contributed by atoms with Gasteiger partial charge in [-0.3, -0.25) is 0 Å². The van der Waals surface area contributed by atoms with Crippen LogP contribution in [-0.4, -0.2) is 9.97 Å². The van der Waals surface area contributed by atoms with Crippen molar-refractivity contribution < 1.29 is 4.42 Å². The maximum atomic E-state index is 6.36. The molecule has 0 amide bonds. The molecule has 2 aromatic heterocycles. The summed E-state index contributed by atoms with van der Waals surface area (Å²) in [4.78, 5) is 8.65. The number of fused-ring (bicyclic) bond motifs is 1. The van der Waals surface area contributed by atoms with Crippen molar-refractivity contribution in [2.75, 3.05) is 0 Å². The van der Waals surface area contributed by atoms with Gasteiger partial charge in [0.15, 0.2) is 11.2 Å². The highest BCUT2D eigenvalue weighted by atomic mass is 35.5. The molecule has 0 spiro atoms. The lowest BCUT2D eigenvalue weighted by atomic mass is 10.1. The minimum atomic E-state index is -0.388. The van der Waals surface area contributed by atoms with Gasteiger partial charge < -0.3 is 4.42 Å². The summed E-state index contributed by atoms with van der Waals surface area (Å²) in [5, 5.41) is -0.388. The number of halogens is 1. The molecule has 0 fully saturated rings.